The van der Waals surface area contributed by atoms with Crippen molar-refractivity contribution in [2.45, 2.75) is 18.7 Å². The van der Waals surface area contributed by atoms with Crippen molar-refractivity contribution in [3.63, 3.8) is 0 Å². The number of carbonyl (C=O) groups is 1. The number of thioether (sulfide) groups is 1. The average Bonchev–Trinajstić information content (AvgIpc) is 3.08. The number of rotatable bonds is 7. The van der Waals surface area contributed by atoms with Gasteiger partial charge in [-0.05, 0) is 43.3 Å². The van der Waals surface area contributed by atoms with Gasteiger partial charge in [0, 0.05) is 23.1 Å². The van der Waals surface area contributed by atoms with Crippen LogP contribution in [0.3, 0.4) is 0 Å². The van der Waals surface area contributed by atoms with Crippen molar-refractivity contribution >= 4 is 23.4 Å². The summed E-state index contributed by atoms with van der Waals surface area (Å²) in [5.41, 5.74) is 1.49. The van der Waals surface area contributed by atoms with Crippen molar-refractivity contribution in [2.75, 3.05) is 17.7 Å². The van der Waals surface area contributed by atoms with Crippen LogP contribution in [0.4, 0.5) is 5.69 Å². The minimum absolute atomic E-state index is 0.0784. The Hall–Kier alpha value is -2.80. The van der Waals surface area contributed by atoms with Gasteiger partial charge in [0.25, 0.3) is 0 Å². The van der Waals surface area contributed by atoms with E-state index in [0.717, 1.165) is 16.2 Å². The molecule has 1 aromatic heterocycles. The van der Waals surface area contributed by atoms with Crippen LogP contribution >= 0.6 is 11.8 Å². The molecule has 0 aliphatic heterocycles. The van der Waals surface area contributed by atoms with Crippen LogP contribution in [-0.4, -0.2) is 28.4 Å². The summed E-state index contributed by atoms with van der Waals surface area (Å²) in [6.07, 6.45) is 0. The van der Waals surface area contributed by atoms with Crippen molar-refractivity contribution in [3.8, 4) is 17.1 Å². The zero-order valence-corrected chi connectivity index (χ0v) is 15.4. The summed E-state index contributed by atoms with van der Waals surface area (Å²) >= 11 is 1.47. The van der Waals surface area contributed by atoms with Crippen LogP contribution in [0.5, 0.6) is 5.75 Å². The minimum Gasteiger partial charge on any atom is -0.494 e. The number of amides is 1. The van der Waals surface area contributed by atoms with E-state index in [0.29, 0.717) is 29.8 Å². The fraction of sp³-hybridized carbons (Fsp3) is 0.211. The minimum atomic E-state index is -0.0784. The number of nitrogens with zero attached hydrogens (tertiary/aromatic N) is 2. The molecule has 0 bridgehead atoms. The highest BCUT2D eigenvalue weighted by molar-refractivity contribution is 8.00. The van der Waals surface area contributed by atoms with E-state index in [1.165, 1.54) is 11.8 Å². The van der Waals surface area contributed by atoms with Gasteiger partial charge in [0.1, 0.15) is 5.75 Å². The summed E-state index contributed by atoms with van der Waals surface area (Å²) < 4.78 is 10.4. The number of benzene rings is 2. The molecule has 1 N–H and O–H groups in total. The molecule has 0 saturated carbocycles. The van der Waals surface area contributed by atoms with Crippen molar-refractivity contribution in [1.82, 2.24) is 10.1 Å². The molecule has 0 saturated heterocycles. The first kappa shape index (κ1) is 18.0. The molecule has 0 atom stereocenters. The average molecular weight is 369 g/mol. The van der Waals surface area contributed by atoms with Gasteiger partial charge < -0.3 is 14.6 Å². The summed E-state index contributed by atoms with van der Waals surface area (Å²) in [4.78, 5) is 17.4. The summed E-state index contributed by atoms with van der Waals surface area (Å²) in [6.45, 7) is 4.32. The Kier molecular flexibility index (Phi) is 5.91. The van der Waals surface area contributed by atoms with Gasteiger partial charge >= 0.3 is 0 Å². The standard InChI is InChI=1S/C19H19N3O3S/c1-3-24-16-7-9-17(10-8-16)26-12-18(23)21-15-6-4-5-14(11-15)19-20-13(2)25-22-19/h4-11H,3,12H2,1-2H3,(H,21,23). The van der Waals surface area contributed by atoms with E-state index in [1.807, 2.05) is 55.5 Å². The number of hydrogen-bond acceptors (Lipinski definition) is 6. The molecule has 7 heteroatoms. The lowest BCUT2D eigenvalue weighted by Crippen LogP contribution is -2.13. The Morgan fingerprint density at radius 1 is 1.23 bits per heavy atom. The molecule has 0 aliphatic rings. The predicted octanol–water partition coefficient (Wildman–Crippen LogP) is 4.17. The quantitative estimate of drug-likeness (QED) is 0.630. The van der Waals surface area contributed by atoms with Crippen LogP contribution < -0.4 is 10.1 Å². The van der Waals surface area contributed by atoms with Gasteiger partial charge in [-0.15, -0.1) is 11.8 Å². The summed E-state index contributed by atoms with van der Waals surface area (Å²) in [6, 6.07) is 15.1. The second-order valence-electron chi connectivity index (χ2n) is 5.46. The number of aromatic nitrogens is 2. The molecular weight excluding hydrogens is 350 g/mol. The molecule has 3 aromatic rings. The fourth-order valence-electron chi connectivity index (χ4n) is 2.30. The van der Waals surface area contributed by atoms with Crippen LogP contribution in [-0.2, 0) is 4.79 Å². The van der Waals surface area contributed by atoms with E-state index in [9.17, 15) is 4.79 Å². The molecule has 0 spiro atoms. The van der Waals surface area contributed by atoms with Gasteiger partial charge in [-0.1, -0.05) is 17.3 Å². The molecule has 1 heterocycles. The Labute approximate surface area is 156 Å². The van der Waals surface area contributed by atoms with E-state index >= 15 is 0 Å². The maximum Gasteiger partial charge on any atom is 0.234 e. The topological polar surface area (TPSA) is 77.2 Å². The Balaban J connectivity index is 1.56. The molecule has 6 nitrogen and oxygen atoms in total. The van der Waals surface area contributed by atoms with Crippen molar-refractivity contribution < 1.29 is 14.1 Å². The monoisotopic (exact) mass is 369 g/mol. The van der Waals surface area contributed by atoms with E-state index in [4.69, 9.17) is 9.26 Å². The first-order valence-electron chi connectivity index (χ1n) is 8.20. The van der Waals surface area contributed by atoms with Crippen molar-refractivity contribution in [3.05, 3.63) is 54.4 Å². The van der Waals surface area contributed by atoms with Crippen molar-refractivity contribution in [2.24, 2.45) is 0 Å². The molecule has 0 fully saturated rings. The summed E-state index contributed by atoms with van der Waals surface area (Å²) in [7, 11) is 0. The number of anilines is 1. The predicted molar refractivity (Wildman–Crippen MR) is 101 cm³/mol. The van der Waals surface area contributed by atoms with Crippen LogP contribution in [0, 0.1) is 6.92 Å². The third-order valence-electron chi connectivity index (χ3n) is 3.44. The molecule has 0 unspecified atom stereocenters. The van der Waals surface area contributed by atoms with Gasteiger partial charge in [0.15, 0.2) is 0 Å². The SMILES string of the molecule is CCOc1ccc(SCC(=O)Nc2cccc(-c3noc(C)n3)c2)cc1. The molecule has 26 heavy (non-hydrogen) atoms. The lowest BCUT2D eigenvalue weighted by atomic mass is 10.2. The van der Waals surface area contributed by atoms with E-state index in [2.05, 4.69) is 15.5 Å². The maximum atomic E-state index is 12.2. The summed E-state index contributed by atoms with van der Waals surface area (Å²) in [5, 5.41) is 6.78. The molecule has 134 valence electrons. The van der Waals surface area contributed by atoms with Crippen molar-refractivity contribution in [1.29, 1.82) is 0 Å². The number of nitrogens with one attached hydrogen (secondary N) is 1. The first-order chi connectivity index (χ1) is 12.6. The van der Waals surface area contributed by atoms with Gasteiger partial charge in [-0.25, -0.2) is 0 Å². The van der Waals surface area contributed by atoms with Crippen LogP contribution in [0.15, 0.2) is 57.9 Å². The molecule has 1 amide bonds. The van der Waals surface area contributed by atoms with E-state index in [1.54, 1.807) is 6.92 Å². The Morgan fingerprint density at radius 2 is 2.04 bits per heavy atom. The van der Waals surface area contributed by atoms with Crippen LogP contribution in [0.1, 0.15) is 12.8 Å². The van der Waals surface area contributed by atoms with Crippen LogP contribution in [0.25, 0.3) is 11.4 Å². The van der Waals surface area contributed by atoms with Gasteiger partial charge in [0.05, 0.1) is 12.4 Å². The Bertz CT molecular complexity index is 878. The van der Waals surface area contributed by atoms with Gasteiger partial charge in [-0.2, -0.15) is 4.98 Å². The Morgan fingerprint density at radius 3 is 2.73 bits per heavy atom. The second kappa shape index (κ2) is 8.53. The summed E-state index contributed by atoms with van der Waals surface area (Å²) in [5.74, 6) is 2.07. The highest BCUT2D eigenvalue weighted by Crippen LogP contribution is 2.23. The number of ether oxygens (including phenoxy) is 1. The maximum absolute atomic E-state index is 12.2. The molecule has 0 aliphatic carbocycles. The van der Waals surface area contributed by atoms with Gasteiger partial charge in [-0.3, -0.25) is 4.79 Å². The first-order valence-corrected chi connectivity index (χ1v) is 9.19. The number of hydrogen-bond donors (Lipinski definition) is 1. The van der Waals surface area contributed by atoms with E-state index < -0.39 is 0 Å². The fourth-order valence-corrected chi connectivity index (χ4v) is 3.00. The lowest BCUT2D eigenvalue weighted by molar-refractivity contribution is -0.113. The zero-order chi connectivity index (χ0) is 18.4. The highest BCUT2D eigenvalue weighted by Gasteiger charge is 2.08. The van der Waals surface area contributed by atoms with Crippen LogP contribution in [0.2, 0.25) is 0 Å². The molecule has 2 aromatic carbocycles. The third-order valence-corrected chi connectivity index (χ3v) is 4.45. The zero-order valence-electron chi connectivity index (χ0n) is 14.6. The molecular formula is C19H19N3O3S. The molecule has 3 rings (SSSR count). The highest BCUT2D eigenvalue weighted by atomic mass is 32.2. The van der Waals surface area contributed by atoms with E-state index in [-0.39, 0.29) is 5.91 Å². The third kappa shape index (κ3) is 4.86. The number of carbonyl (C=O) groups excluding carboxylic acids is 1. The lowest BCUT2D eigenvalue weighted by Gasteiger charge is -2.07. The smallest absolute Gasteiger partial charge is 0.234 e. The normalized spacial score (nSPS) is 10.5. The number of aryl methyl sites for hydroxylation is 1. The largest absolute Gasteiger partial charge is 0.494 e. The second-order valence-corrected chi connectivity index (χ2v) is 6.51. The van der Waals surface area contributed by atoms with Gasteiger partial charge in [0.2, 0.25) is 17.6 Å². The molecule has 0 radical (unpaired) electrons.